The fraction of sp³-hybridized carbons (Fsp3) is 0.333. The number of Topliss-reactive ketones (excluding diaryl/α,β-unsaturated/α-hetero) is 1. The number of carbonyl (C=O) groups is 2. The molecule has 0 amide bonds. The minimum absolute atomic E-state index is 0.104. The van der Waals surface area contributed by atoms with Crippen LogP contribution in [0.15, 0.2) is 18.0 Å². The lowest BCUT2D eigenvalue weighted by Gasteiger charge is -2.16. The molecule has 0 bridgehead atoms. The number of H-pyrrole nitrogens is 1. The van der Waals surface area contributed by atoms with Gasteiger partial charge >= 0.3 is 5.97 Å². The second-order valence-corrected chi connectivity index (χ2v) is 4.31. The molecule has 5 heteroatoms. The third-order valence-corrected chi connectivity index (χ3v) is 2.80. The summed E-state index contributed by atoms with van der Waals surface area (Å²) in [5.74, 6) is -1.09. The molecule has 0 radical (unpaired) electrons. The monoisotopic (exact) mass is 234 g/mol. The largest absolute Gasteiger partial charge is 0.478 e. The highest BCUT2D eigenvalue weighted by molar-refractivity contribution is 6.11. The first-order valence-corrected chi connectivity index (χ1v) is 5.36. The first kappa shape index (κ1) is 11.4. The molecule has 0 atom stereocenters. The number of carboxylic acids is 1. The quantitative estimate of drug-likeness (QED) is 0.756. The summed E-state index contributed by atoms with van der Waals surface area (Å²) in [5.41, 5.74) is 1.96. The number of aromatic carboxylic acids is 1. The van der Waals surface area contributed by atoms with Gasteiger partial charge in [0.05, 0.1) is 11.3 Å². The first-order chi connectivity index (χ1) is 8.00. The van der Waals surface area contributed by atoms with Gasteiger partial charge in [-0.25, -0.2) is 4.79 Å². The van der Waals surface area contributed by atoms with Crippen molar-refractivity contribution in [2.45, 2.75) is 12.8 Å². The molecule has 0 aromatic carbocycles. The molecular formula is C12H14N2O3. The Balaban J connectivity index is 2.41. The number of hydrogen-bond donors (Lipinski definition) is 2. The zero-order chi connectivity index (χ0) is 12.6. The topological polar surface area (TPSA) is 73.4 Å². The number of fused-ring (bicyclic) bond motifs is 1. The molecular weight excluding hydrogens is 220 g/mol. The number of ketones is 1. The van der Waals surface area contributed by atoms with E-state index in [0.717, 1.165) is 0 Å². The van der Waals surface area contributed by atoms with E-state index in [9.17, 15) is 9.59 Å². The molecule has 0 fully saturated rings. The number of allylic oxidation sites excluding steroid dienone is 1. The molecule has 0 spiro atoms. The van der Waals surface area contributed by atoms with Crippen molar-refractivity contribution in [3.8, 4) is 0 Å². The van der Waals surface area contributed by atoms with Crippen molar-refractivity contribution in [1.29, 1.82) is 0 Å². The van der Waals surface area contributed by atoms with Gasteiger partial charge < -0.3 is 15.0 Å². The van der Waals surface area contributed by atoms with E-state index in [1.54, 1.807) is 6.20 Å². The van der Waals surface area contributed by atoms with Crippen molar-refractivity contribution in [3.05, 3.63) is 34.8 Å². The lowest BCUT2D eigenvalue weighted by Crippen LogP contribution is -2.17. The number of carboxylic acid groups (broad SMARTS) is 1. The third kappa shape index (κ3) is 1.95. The van der Waals surface area contributed by atoms with E-state index in [4.69, 9.17) is 5.11 Å². The van der Waals surface area contributed by atoms with Crippen LogP contribution in [0.25, 0.3) is 0 Å². The molecule has 1 aliphatic carbocycles. The number of rotatable bonds is 2. The summed E-state index contributed by atoms with van der Waals surface area (Å²) in [7, 11) is 3.71. The smallest absolute Gasteiger partial charge is 0.337 e. The third-order valence-electron chi connectivity index (χ3n) is 2.80. The van der Waals surface area contributed by atoms with Crippen molar-refractivity contribution in [3.63, 3.8) is 0 Å². The van der Waals surface area contributed by atoms with Crippen molar-refractivity contribution >= 4 is 11.8 Å². The van der Waals surface area contributed by atoms with Crippen LogP contribution in [-0.2, 0) is 6.42 Å². The summed E-state index contributed by atoms with van der Waals surface area (Å²) < 4.78 is 0. The van der Waals surface area contributed by atoms with Gasteiger partial charge in [-0.15, -0.1) is 0 Å². The average molecular weight is 234 g/mol. The molecule has 2 N–H and O–H groups in total. The van der Waals surface area contributed by atoms with Gasteiger partial charge in [-0.05, 0) is 18.4 Å². The predicted octanol–water partition coefficient (Wildman–Crippen LogP) is 1.29. The Kier molecular flexibility index (Phi) is 2.75. The van der Waals surface area contributed by atoms with Gasteiger partial charge in [-0.3, -0.25) is 4.79 Å². The van der Waals surface area contributed by atoms with Crippen LogP contribution in [0.5, 0.6) is 0 Å². The SMILES string of the molecule is CN(C)/C=C1\CCc2c(C(=O)O)c[nH]c2C1=O. The van der Waals surface area contributed by atoms with E-state index in [0.29, 0.717) is 29.7 Å². The maximum absolute atomic E-state index is 12.1. The second kappa shape index (κ2) is 4.08. The number of nitrogens with one attached hydrogen (secondary N) is 1. The second-order valence-electron chi connectivity index (χ2n) is 4.31. The number of carbonyl (C=O) groups excluding carboxylic acids is 1. The Bertz CT molecular complexity index is 512. The summed E-state index contributed by atoms with van der Waals surface area (Å²) in [4.78, 5) is 27.6. The number of hydrogen-bond acceptors (Lipinski definition) is 3. The van der Waals surface area contributed by atoms with E-state index < -0.39 is 5.97 Å². The summed E-state index contributed by atoms with van der Waals surface area (Å²) in [5, 5.41) is 8.97. The molecule has 0 unspecified atom stereocenters. The van der Waals surface area contributed by atoms with E-state index in [1.165, 1.54) is 6.20 Å². The van der Waals surface area contributed by atoms with Crippen LogP contribution in [0, 0.1) is 0 Å². The molecule has 5 nitrogen and oxygen atoms in total. The van der Waals surface area contributed by atoms with E-state index in [2.05, 4.69) is 4.98 Å². The molecule has 0 saturated carbocycles. The summed E-state index contributed by atoms with van der Waals surface area (Å²) in [6, 6.07) is 0. The van der Waals surface area contributed by atoms with Gasteiger partial charge in [0, 0.05) is 32.1 Å². The van der Waals surface area contributed by atoms with Crippen LogP contribution in [0.3, 0.4) is 0 Å². The van der Waals surface area contributed by atoms with E-state index >= 15 is 0 Å². The highest BCUT2D eigenvalue weighted by Gasteiger charge is 2.27. The van der Waals surface area contributed by atoms with Gasteiger partial charge in [0.15, 0.2) is 0 Å². The number of aromatic amines is 1. The molecule has 1 heterocycles. The van der Waals surface area contributed by atoms with Gasteiger partial charge in [-0.1, -0.05) is 0 Å². The van der Waals surface area contributed by atoms with Crippen LogP contribution in [0.1, 0.15) is 32.8 Å². The zero-order valence-corrected chi connectivity index (χ0v) is 9.78. The molecule has 17 heavy (non-hydrogen) atoms. The van der Waals surface area contributed by atoms with Gasteiger partial charge in [0.2, 0.25) is 5.78 Å². The fourth-order valence-electron chi connectivity index (χ4n) is 2.07. The summed E-state index contributed by atoms with van der Waals surface area (Å²) in [6.07, 6.45) is 4.35. The maximum Gasteiger partial charge on any atom is 0.337 e. The highest BCUT2D eigenvalue weighted by atomic mass is 16.4. The van der Waals surface area contributed by atoms with Crippen LogP contribution >= 0.6 is 0 Å². The average Bonchev–Trinajstić information content (AvgIpc) is 2.66. The lowest BCUT2D eigenvalue weighted by molar-refractivity contribution is 0.0696. The Morgan fingerprint density at radius 1 is 1.47 bits per heavy atom. The van der Waals surface area contributed by atoms with Crippen LogP contribution in [-0.4, -0.2) is 40.8 Å². The number of aromatic nitrogens is 1. The molecule has 90 valence electrons. The minimum atomic E-state index is -0.990. The van der Waals surface area contributed by atoms with Crippen molar-refractivity contribution in [2.24, 2.45) is 0 Å². The maximum atomic E-state index is 12.1. The molecule has 2 rings (SSSR count). The fourth-order valence-corrected chi connectivity index (χ4v) is 2.07. The summed E-state index contributed by atoms with van der Waals surface area (Å²) in [6.45, 7) is 0. The van der Waals surface area contributed by atoms with Crippen molar-refractivity contribution in [2.75, 3.05) is 14.1 Å². The number of nitrogens with zero attached hydrogens (tertiary/aromatic N) is 1. The zero-order valence-electron chi connectivity index (χ0n) is 9.78. The van der Waals surface area contributed by atoms with E-state index in [-0.39, 0.29) is 11.3 Å². The van der Waals surface area contributed by atoms with Crippen LogP contribution in [0.4, 0.5) is 0 Å². The molecule has 1 aliphatic rings. The van der Waals surface area contributed by atoms with Crippen LogP contribution < -0.4 is 0 Å². The minimum Gasteiger partial charge on any atom is -0.478 e. The first-order valence-electron chi connectivity index (χ1n) is 5.36. The molecule has 0 saturated heterocycles. The Morgan fingerprint density at radius 2 is 2.18 bits per heavy atom. The lowest BCUT2D eigenvalue weighted by atomic mass is 9.90. The van der Waals surface area contributed by atoms with E-state index in [1.807, 2.05) is 19.0 Å². The predicted molar refractivity (Wildman–Crippen MR) is 62.2 cm³/mol. The normalized spacial score (nSPS) is 17.1. The molecule has 1 aromatic heterocycles. The van der Waals surface area contributed by atoms with Gasteiger partial charge in [0.25, 0.3) is 0 Å². The molecule has 0 aliphatic heterocycles. The molecule has 1 aromatic rings. The Morgan fingerprint density at radius 3 is 2.76 bits per heavy atom. The summed E-state index contributed by atoms with van der Waals surface area (Å²) >= 11 is 0. The van der Waals surface area contributed by atoms with Gasteiger partial charge in [0.1, 0.15) is 0 Å². The van der Waals surface area contributed by atoms with Crippen LogP contribution in [0.2, 0.25) is 0 Å². The van der Waals surface area contributed by atoms with Gasteiger partial charge in [-0.2, -0.15) is 0 Å². The highest BCUT2D eigenvalue weighted by Crippen LogP contribution is 2.27. The standard InChI is InChI=1S/C12H14N2O3/c1-14(2)6-7-3-4-8-9(12(16)17)5-13-10(8)11(7)15/h5-6,13H,3-4H2,1-2H3,(H,16,17)/b7-6+. The van der Waals surface area contributed by atoms with Crippen molar-refractivity contribution < 1.29 is 14.7 Å². The Labute approximate surface area is 98.7 Å². The Hall–Kier alpha value is -2.04. The van der Waals surface area contributed by atoms with Crippen molar-refractivity contribution in [1.82, 2.24) is 9.88 Å².